The van der Waals surface area contributed by atoms with E-state index in [1.807, 2.05) is 0 Å². The average Bonchev–Trinajstić information content (AvgIpc) is 0.728. The van der Waals surface area contributed by atoms with Crippen LogP contribution in [-0.4, -0.2) is 0 Å². The van der Waals surface area contributed by atoms with Gasteiger partial charge < -0.3 is 19.6 Å². The van der Waals surface area contributed by atoms with Crippen LogP contribution in [0.3, 0.4) is 0 Å². The third kappa shape index (κ3) is 10.2. The molecule has 0 bridgehead atoms. The van der Waals surface area contributed by atoms with Gasteiger partial charge in [-0.3, -0.25) is 0 Å². The summed E-state index contributed by atoms with van der Waals surface area (Å²) in [5, 5.41) is 7.06. The summed E-state index contributed by atoms with van der Waals surface area (Å²) in [4.78, 5) is 9.54. The van der Waals surface area contributed by atoms with Gasteiger partial charge in [-0.05, 0) is 224 Å². The number of rotatable bonds is 15. The fourth-order valence-electron chi connectivity index (χ4n) is 13.0. The summed E-state index contributed by atoms with van der Waals surface area (Å²) in [6, 6.07) is 122. The van der Waals surface area contributed by atoms with Crippen LogP contribution in [0.2, 0.25) is 0 Å². The molecule has 0 amide bonds. The van der Waals surface area contributed by atoms with Gasteiger partial charge in [0, 0.05) is 68.3 Å². The molecule has 0 radical (unpaired) electrons. The van der Waals surface area contributed by atoms with E-state index in [2.05, 4.69) is 371 Å². The molecule has 4 heteroatoms. The molecule has 14 aromatic rings. The lowest BCUT2D eigenvalue weighted by atomic mass is 9.81. The molecular weight excluding hydrogens is 1060 g/mol. The Balaban J connectivity index is 1.05. The summed E-state index contributed by atoms with van der Waals surface area (Å²) >= 11 is 0. The predicted octanol–water partition coefficient (Wildman–Crippen LogP) is 23.9. The van der Waals surface area contributed by atoms with E-state index in [0.717, 1.165) is 109 Å². The molecule has 0 fully saturated rings. The highest BCUT2D eigenvalue weighted by Gasteiger charge is 2.26. The number of hydrogen-bond donors (Lipinski definition) is 0. The van der Waals surface area contributed by atoms with Gasteiger partial charge in [0.2, 0.25) is 0 Å². The van der Waals surface area contributed by atoms with E-state index in [4.69, 9.17) is 0 Å². The van der Waals surface area contributed by atoms with Crippen LogP contribution in [0.5, 0.6) is 0 Å². The topological polar surface area (TPSA) is 13.0 Å². The van der Waals surface area contributed by atoms with Gasteiger partial charge in [0.1, 0.15) is 0 Å². The highest BCUT2D eigenvalue weighted by atomic mass is 15.2. The van der Waals surface area contributed by atoms with Crippen LogP contribution in [0.15, 0.2) is 358 Å². The first kappa shape index (κ1) is 53.3. The quantitative estimate of drug-likeness (QED) is 0.0949. The van der Waals surface area contributed by atoms with E-state index in [9.17, 15) is 0 Å². The fraction of sp³-hybridized carbons (Fsp3) is 0.0238. The lowest BCUT2D eigenvalue weighted by Gasteiger charge is -2.30. The summed E-state index contributed by atoms with van der Waals surface area (Å²) in [5.74, 6) is 0. The van der Waals surface area contributed by atoms with Crippen LogP contribution in [0.4, 0.5) is 62.6 Å². The Bertz CT molecular complexity index is 4670. The SMILES string of the molecule is C1=CCCC(N(c2ccccc2)c2ccc3c(c2)c2cc(N(c4ccccc4)c4ccccc4)ccc2c2c(-c4ccc(N(c5ccccc5)c5ccccc5)cc4)c(-c4ccccc4)cc(-c4ccc(N(c5ccccc5)c5ccccc5)cc4)c32)=C1. The van der Waals surface area contributed by atoms with Crippen molar-refractivity contribution in [3.05, 3.63) is 358 Å². The van der Waals surface area contributed by atoms with Crippen LogP contribution in [0, 0.1) is 0 Å². The van der Waals surface area contributed by atoms with Crippen molar-refractivity contribution in [1.82, 2.24) is 0 Å². The predicted molar refractivity (Wildman–Crippen MR) is 374 cm³/mol. The molecule has 0 unspecified atom stereocenters. The number of allylic oxidation sites excluding steroid dienone is 4. The second-order valence-corrected chi connectivity index (χ2v) is 22.3. The minimum atomic E-state index is 0.931. The van der Waals surface area contributed by atoms with E-state index in [1.54, 1.807) is 0 Å². The van der Waals surface area contributed by atoms with Crippen molar-refractivity contribution in [1.29, 1.82) is 0 Å². The maximum absolute atomic E-state index is 2.48. The van der Waals surface area contributed by atoms with Crippen LogP contribution in [-0.2, 0) is 0 Å². The molecule has 0 spiro atoms. The average molecular weight is 1130 g/mol. The Morgan fingerprint density at radius 3 is 0.943 bits per heavy atom. The lowest BCUT2D eigenvalue weighted by Crippen LogP contribution is -2.17. The summed E-state index contributed by atoms with van der Waals surface area (Å²) in [5.41, 5.74) is 20.2. The first-order chi connectivity index (χ1) is 43.7. The van der Waals surface area contributed by atoms with Gasteiger partial charge in [0.25, 0.3) is 0 Å². The Labute approximate surface area is 515 Å². The Morgan fingerprint density at radius 2 is 0.545 bits per heavy atom. The third-order valence-electron chi connectivity index (χ3n) is 17.0. The molecular formula is C84H62N4. The number of anilines is 11. The third-order valence-corrected chi connectivity index (χ3v) is 17.0. The molecule has 0 heterocycles. The highest BCUT2D eigenvalue weighted by Crippen LogP contribution is 2.52. The van der Waals surface area contributed by atoms with Gasteiger partial charge in [0.05, 0.1) is 0 Å². The largest absolute Gasteiger partial charge is 0.314 e. The molecule has 0 aliphatic heterocycles. The fourth-order valence-corrected chi connectivity index (χ4v) is 13.0. The van der Waals surface area contributed by atoms with Gasteiger partial charge in [-0.25, -0.2) is 0 Å². The normalized spacial score (nSPS) is 12.0. The van der Waals surface area contributed by atoms with E-state index >= 15 is 0 Å². The van der Waals surface area contributed by atoms with E-state index in [-0.39, 0.29) is 0 Å². The van der Waals surface area contributed by atoms with Gasteiger partial charge in [-0.15, -0.1) is 0 Å². The molecule has 0 N–H and O–H groups in total. The number of hydrogen-bond acceptors (Lipinski definition) is 4. The van der Waals surface area contributed by atoms with Crippen molar-refractivity contribution in [2.24, 2.45) is 0 Å². The van der Waals surface area contributed by atoms with Crippen molar-refractivity contribution < 1.29 is 0 Å². The molecule has 15 rings (SSSR count). The molecule has 0 atom stereocenters. The van der Waals surface area contributed by atoms with E-state index < -0.39 is 0 Å². The first-order valence-corrected chi connectivity index (χ1v) is 30.4. The van der Waals surface area contributed by atoms with E-state index in [1.165, 1.54) is 38.2 Å². The monoisotopic (exact) mass is 1130 g/mol. The van der Waals surface area contributed by atoms with Crippen molar-refractivity contribution in [3.63, 3.8) is 0 Å². The minimum Gasteiger partial charge on any atom is -0.314 e. The summed E-state index contributed by atoms with van der Waals surface area (Å²) < 4.78 is 0. The zero-order chi connectivity index (χ0) is 58.6. The molecule has 0 saturated heterocycles. The Morgan fingerprint density at radius 1 is 0.227 bits per heavy atom. The number of fused-ring (bicyclic) bond motifs is 6. The molecule has 1 aliphatic rings. The highest BCUT2D eigenvalue weighted by molar-refractivity contribution is 6.33. The zero-order valence-corrected chi connectivity index (χ0v) is 48.7. The summed E-state index contributed by atoms with van der Waals surface area (Å²) in [6.45, 7) is 0. The smallest absolute Gasteiger partial charge is 0.0468 e. The summed E-state index contributed by atoms with van der Waals surface area (Å²) in [6.07, 6.45) is 8.68. The molecule has 0 saturated carbocycles. The van der Waals surface area contributed by atoms with Crippen LogP contribution >= 0.6 is 0 Å². The van der Waals surface area contributed by atoms with Gasteiger partial charge in [-0.1, -0.05) is 206 Å². The van der Waals surface area contributed by atoms with Gasteiger partial charge >= 0.3 is 0 Å². The zero-order valence-electron chi connectivity index (χ0n) is 48.7. The molecule has 0 aromatic heterocycles. The second kappa shape index (κ2) is 23.9. The van der Waals surface area contributed by atoms with Crippen LogP contribution < -0.4 is 19.6 Å². The van der Waals surface area contributed by atoms with Crippen LogP contribution in [0.1, 0.15) is 12.8 Å². The molecule has 1 aliphatic carbocycles. The van der Waals surface area contributed by atoms with Crippen molar-refractivity contribution in [2.45, 2.75) is 12.8 Å². The molecule has 88 heavy (non-hydrogen) atoms. The van der Waals surface area contributed by atoms with Crippen LogP contribution in [0.25, 0.3) is 65.7 Å². The Kier molecular flexibility index (Phi) is 14.5. The lowest BCUT2D eigenvalue weighted by molar-refractivity contribution is 0.918. The number of nitrogens with zero attached hydrogens (tertiary/aromatic N) is 4. The van der Waals surface area contributed by atoms with Crippen molar-refractivity contribution >= 4 is 94.9 Å². The molecule has 418 valence electrons. The molecule has 4 nitrogen and oxygen atoms in total. The van der Waals surface area contributed by atoms with E-state index in [0.29, 0.717) is 0 Å². The standard InChI is InChI=1S/C84H62N4/c1-10-28-61(29-11-1)78-60-79(62-46-50-72(51-47-62)85(64-30-12-2-13-31-64)65-32-14-3-15-33-65)83-76-56-54-74(87(68-38-20-6-21-39-68)69-40-22-7-23-41-69)58-80(76)81-59-75(88(70-42-24-8-25-43-70)71-44-26-9-27-45-71)55-57-77(81)84(83)82(78)63-48-52-73(53-49-63)86(66-34-16-4-17-35-66)67-36-18-5-19-37-67/h1-22,24-40,42-60H,23,41H2. The number of para-hydroxylation sites is 7. The second-order valence-electron chi connectivity index (χ2n) is 22.3. The number of benzene rings is 14. The molecule has 14 aromatic carbocycles. The first-order valence-electron chi connectivity index (χ1n) is 30.4. The summed E-state index contributed by atoms with van der Waals surface area (Å²) in [7, 11) is 0. The minimum absolute atomic E-state index is 0.931. The van der Waals surface area contributed by atoms with Crippen molar-refractivity contribution in [2.75, 3.05) is 19.6 Å². The van der Waals surface area contributed by atoms with Gasteiger partial charge in [-0.2, -0.15) is 0 Å². The Hall–Kier alpha value is -11.5. The van der Waals surface area contributed by atoms with Gasteiger partial charge in [0.15, 0.2) is 0 Å². The maximum atomic E-state index is 2.48. The maximum Gasteiger partial charge on any atom is 0.0468 e. The van der Waals surface area contributed by atoms with Crippen molar-refractivity contribution in [3.8, 4) is 33.4 Å².